The van der Waals surface area contributed by atoms with Crippen LogP contribution in [0.2, 0.25) is 10.0 Å². The number of ether oxygens (including phenoxy) is 1. The fourth-order valence-corrected chi connectivity index (χ4v) is 1.60. The molecule has 92 valence electrons. The summed E-state index contributed by atoms with van der Waals surface area (Å²) in [6, 6.07) is 7.50. The van der Waals surface area contributed by atoms with Crippen molar-refractivity contribution in [3.05, 3.63) is 56.7 Å². The van der Waals surface area contributed by atoms with Gasteiger partial charge in [-0.25, -0.2) is 4.98 Å². The molecule has 0 aliphatic rings. The predicted molar refractivity (Wildman–Crippen MR) is 67.4 cm³/mol. The number of nitrogens with zero attached hydrogens (tertiary/aromatic N) is 2. The molecule has 0 fully saturated rings. The number of hydrogen-bond donors (Lipinski definition) is 0. The van der Waals surface area contributed by atoms with Crippen LogP contribution in [0.5, 0.6) is 11.6 Å². The van der Waals surface area contributed by atoms with Crippen molar-refractivity contribution < 1.29 is 9.66 Å². The third-order valence-electron chi connectivity index (χ3n) is 2.07. The van der Waals surface area contributed by atoms with Crippen molar-refractivity contribution in [1.29, 1.82) is 0 Å². The van der Waals surface area contributed by atoms with Gasteiger partial charge < -0.3 is 4.74 Å². The second-order valence-electron chi connectivity index (χ2n) is 3.24. The molecule has 2 aromatic rings. The van der Waals surface area contributed by atoms with E-state index in [1.54, 1.807) is 18.2 Å². The van der Waals surface area contributed by atoms with Crippen molar-refractivity contribution in [2.24, 2.45) is 0 Å². The number of pyridine rings is 1. The minimum absolute atomic E-state index is 0.133. The number of nitro groups is 1. The highest BCUT2D eigenvalue weighted by atomic mass is 35.5. The summed E-state index contributed by atoms with van der Waals surface area (Å²) >= 11 is 11.7. The lowest BCUT2D eigenvalue weighted by Gasteiger charge is -2.07. The zero-order chi connectivity index (χ0) is 13.1. The molecular weight excluding hydrogens is 279 g/mol. The molecular formula is C11H6Cl2N2O3. The van der Waals surface area contributed by atoms with Crippen molar-refractivity contribution in [2.45, 2.75) is 0 Å². The molecule has 2 rings (SSSR count). The van der Waals surface area contributed by atoms with Crippen molar-refractivity contribution in [3.8, 4) is 11.6 Å². The summed E-state index contributed by atoms with van der Waals surface area (Å²) in [5.74, 6) is 0.0811. The SMILES string of the molecule is O=[N+]([O-])c1cccnc1Oc1cccc(Cl)c1Cl. The first-order valence-electron chi connectivity index (χ1n) is 4.81. The molecule has 0 amide bonds. The first-order valence-corrected chi connectivity index (χ1v) is 5.56. The first kappa shape index (κ1) is 12.6. The first-order chi connectivity index (χ1) is 8.59. The van der Waals surface area contributed by atoms with Crippen LogP contribution in [0.4, 0.5) is 5.69 Å². The summed E-state index contributed by atoms with van der Waals surface area (Å²) in [5, 5.41) is 11.3. The standard InChI is InChI=1S/C11H6Cl2N2O3/c12-7-3-1-5-9(10(7)13)18-11-8(15(16)17)4-2-6-14-11/h1-6H. The van der Waals surface area contributed by atoms with Gasteiger partial charge in [-0.1, -0.05) is 29.3 Å². The number of hydrogen-bond acceptors (Lipinski definition) is 4. The smallest absolute Gasteiger partial charge is 0.331 e. The summed E-state index contributed by atoms with van der Waals surface area (Å²) in [6.07, 6.45) is 1.39. The fraction of sp³-hybridized carbons (Fsp3) is 0. The molecule has 0 aliphatic carbocycles. The van der Waals surface area contributed by atoms with Crippen LogP contribution in [0.15, 0.2) is 36.5 Å². The van der Waals surface area contributed by atoms with Crippen LogP contribution < -0.4 is 4.74 Å². The molecule has 0 unspecified atom stereocenters. The molecule has 0 bridgehead atoms. The minimum Gasteiger partial charge on any atom is -0.432 e. The van der Waals surface area contributed by atoms with Gasteiger partial charge in [-0.05, 0) is 18.2 Å². The van der Waals surface area contributed by atoms with Crippen LogP contribution in [0, 0.1) is 10.1 Å². The third kappa shape index (κ3) is 2.52. The lowest BCUT2D eigenvalue weighted by Crippen LogP contribution is -1.95. The Labute approximate surface area is 112 Å². The average molecular weight is 285 g/mol. The van der Waals surface area contributed by atoms with E-state index in [0.29, 0.717) is 5.02 Å². The van der Waals surface area contributed by atoms with Gasteiger partial charge in [0.15, 0.2) is 0 Å². The normalized spacial score (nSPS) is 10.1. The molecule has 0 N–H and O–H groups in total. The highest BCUT2D eigenvalue weighted by molar-refractivity contribution is 6.42. The van der Waals surface area contributed by atoms with E-state index in [4.69, 9.17) is 27.9 Å². The molecule has 5 nitrogen and oxygen atoms in total. The Kier molecular flexibility index (Phi) is 3.64. The van der Waals surface area contributed by atoms with Gasteiger partial charge in [-0.15, -0.1) is 0 Å². The summed E-state index contributed by atoms with van der Waals surface area (Å²) in [4.78, 5) is 14.0. The van der Waals surface area contributed by atoms with Gasteiger partial charge in [0.2, 0.25) is 0 Å². The van der Waals surface area contributed by atoms with Gasteiger partial charge in [0.1, 0.15) is 10.8 Å². The monoisotopic (exact) mass is 284 g/mol. The van der Waals surface area contributed by atoms with Crippen molar-refractivity contribution in [1.82, 2.24) is 4.98 Å². The van der Waals surface area contributed by atoms with Gasteiger partial charge in [-0.2, -0.15) is 0 Å². The second-order valence-corrected chi connectivity index (χ2v) is 4.02. The zero-order valence-corrected chi connectivity index (χ0v) is 10.4. The molecule has 1 aromatic heterocycles. The van der Waals surface area contributed by atoms with Crippen molar-refractivity contribution in [3.63, 3.8) is 0 Å². The Morgan fingerprint density at radius 3 is 2.72 bits per heavy atom. The lowest BCUT2D eigenvalue weighted by atomic mass is 10.3. The molecule has 0 radical (unpaired) electrons. The van der Waals surface area contributed by atoms with Crippen LogP contribution in [-0.2, 0) is 0 Å². The summed E-state index contributed by atoms with van der Waals surface area (Å²) in [5.41, 5.74) is -0.242. The van der Waals surface area contributed by atoms with E-state index in [1.165, 1.54) is 18.3 Å². The van der Waals surface area contributed by atoms with Crippen LogP contribution >= 0.6 is 23.2 Å². The highest BCUT2D eigenvalue weighted by Crippen LogP contribution is 2.36. The van der Waals surface area contributed by atoms with Gasteiger partial charge in [0.25, 0.3) is 5.88 Å². The van der Waals surface area contributed by atoms with Crippen molar-refractivity contribution in [2.75, 3.05) is 0 Å². The van der Waals surface area contributed by atoms with E-state index < -0.39 is 4.92 Å². The lowest BCUT2D eigenvalue weighted by molar-refractivity contribution is -0.386. The number of halogens is 2. The maximum Gasteiger partial charge on any atom is 0.331 e. The van der Waals surface area contributed by atoms with Gasteiger partial charge in [0.05, 0.1) is 9.95 Å². The molecule has 1 heterocycles. The summed E-state index contributed by atoms with van der Waals surface area (Å²) in [6.45, 7) is 0. The maximum absolute atomic E-state index is 10.8. The Hall–Kier alpha value is -1.85. The van der Waals surface area contributed by atoms with Gasteiger partial charge in [0, 0.05) is 12.3 Å². The Morgan fingerprint density at radius 1 is 1.22 bits per heavy atom. The Bertz CT molecular complexity index is 605. The minimum atomic E-state index is -0.583. The van der Waals surface area contributed by atoms with Gasteiger partial charge >= 0.3 is 5.69 Å². The maximum atomic E-state index is 10.8. The predicted octanol–water partition coefficient (Wildman–Crippen LogP) is 4.09. The Balaban J connectivity index is 2.40. The van der Waals surface area contributed by atoms with E-state index in [9.17, 15) is 10.1 Å². The van der Waals surface area contributed by atoms with E-state index in [1.807, 2.05) is 0 Å². The molecule has 0 aliphatic heterocycles. The molecule has 0 saturated heterocycles. The molecule has 1 aromatic carbocycles. The van der Waals surface area contributed by atoms with Crippen LogP contribution in [0.3, 0.4) is 0 Å². The zero-order valence-electron chi connectivity index (χ0n) is 8.84. The number of rotatable bonds is 3. The molecule has 7 heteroatoms. The third-order valence-corrected chi connectivity index (χ3v) is 2.87. The molecule has 0 saturated carbocycles. The van der Waals surface area contributed by atoms with Crippen LogP contribution in [0.25, 0.3) is 0 Å². The Morgan fingerprint density at radius 2 is 2.00 bits per heavy atom. The molecule has 0 atom stereocenters. The van der Waals surface area contributed by atoms with Gasteiger partial charge in [-0.3, -0.25) is 10.1 Å². The second kappa shape index (κ2) is 5.20. The van der Waals surface area contributed by atoms with Crippen LogP contribution in [0.1, 0.15) is 0 Å². The summed E-state index contributed by atoms with van der Waals surface area (Å²) in [7, 11) is 0. The fourth-order valence-electron chi connectivity index (χ4n) is 1.27. The van der Waals surface area contributed by atoms with Crippen LogP contribution in [-0.4, -0.2) is 9.91 Å². The van der Waals surface area contributed by atoms with E-state index >= 15 is 0 Å². The van der Waals surface area contributed by atoms with E-state index in [0.717, 1.165) is 0 Å². The van der Waals surface area contributed by atoms with E-state index in [-0.39, 0.29) is 22.3 Å². The topological polar surface area (TPSA) is 65.3 Å². The number of aromatic nitrogens is 1. The molecule has 0 spiro atoms. The summed E-state index contributed by atoms with van der Waals surface area (Å²) < 4.78 is 5.31. The van der Waals surface area contributed by atoms with E-state index in [2.05, 4.69) is 4.98 Å². The van der Waals surface area contributed by atoms with Crippen molar-refractivity contribution >= 4 is 28.9 Å². The quantitative estimate of drug-likeness (QED) is 0.629. The number of benzene rings is 1. The highest BCUT2D eigenvalue weighted by Gasteiger charge is 2.18. The largest absolute Gasteiger partial charge is 0.432 e. The molecule has 18 heavy (non-hydrogen) atoms. The average Bonchev–Trinajstić information content (AvgIpc) is 2.35.